The van der Waals surface area contributed by atoms with Crippen LogP contribution >= 0.6 is 11.3 Å². The summed E-state index contributed by atoms with van der Waals surface area (Å²) in [7, 11) is 0. The van der Waals surface area contributed by atoms with Crippen molar-refractivity contribution in [1.29, 1.82) is 0 Å². The molecule has 1 atom stereocenters. The van der Waals surface area contributed by atoms with Crippen LogP contribution in [0.5, 0.6) is 0 Å². The van der Waals surface area contributed by atoms with Gasteiger partial charge in [0, 0.05) is 0 Å². The lowest BCUT2D eigenvalue weighted by molar-refractivity contribution is -0.138. The lowest BCUT2D eigenvalue weighted by Crippen LogP contribution is -2.29. The second-order valence-electron chi connectivity index (χ2n) is 4.09. The normalized spacial score (nSPS) is 12.1. The van der Waals surface area contributed by atoms with Crippen LogP contribution in [0.3, 0.4) is 0 Å². The van der Waals surface area contributed by atoms with Crippen LogP contribution in [-0.2, 0) is 4.79 Å². The minimum Gasteiger partial charge on any atom is -0.480 e. The van der Waals surface area contributed by atoms with Crippen molar-refractivity contribution in [3.63, 3.8) is 0 Å². The van der Waals surface area contributed by atoms with Gasteiger partial charge in [-0.3, -0.25) is 4.98 Å². The zero-order valence-electron chi connectivity index (χ0n) is 10.5. The third kappa shape index (κ3) is 3.51. The highest BCUT2D eigenvalue weighted by Crippen LogP contribution is 2.23. The van der Waals surface area contributed by atoms with E-state index in [1.165, 1.54) is 0 Å². The Bertz CT molecular complexity index is 543. The van der Waals surface area contributed by atoms with Gasteiger partial charge >= 0.3 is 5.97 Å². The van der Waals surface area contributed by atoms with Crippen molar-refractivity contribution in [2.24, 2.45) is 0 Å². The molecule has 0 spiro atoms. The number of carbonyl (C=O) groups is 1. The molecule has 2 aromatic rings. The topological polar surface area (TPSA) is 75.1 Å². The van der Waals surface area contributed by atoms with Crippen molar-refractivity contribution in [3.8, 4) is 10.6 Å². The van der Waals surface area contributed by atoms with Gasteiger partial charge in [-0.05, 0) is 17.9 Å². The molecule has 100 valence electrons. The highest BCUT2D eigenvalue weighted by atomic mass is 32.1. The second-order valence-corrected chi connectivity index (χ2v) is 5.04. The van der Waals surface area contributed by atoms with E-state index in [2.05, 4.69) is 15.3 Å². The molecule has 1 unspecified atom stereocenters. The van der Waals surface area contributed by atoms with E-state index in [1.807, 2.05) is 24.4 Å². The SMILES string of the molecule is CCCC(Nc1cncc(-c2cccs2)n1)C(=O)O. The molecule has 0 bridgehead atoms. The number of carboxylic acid groups (broad SMARTS) is 1. The van der Waals surface area contributed by atoms with E-state index in [1.54, 1.807) is 23.7 Å². The number of thiophene rings is 1. The van der Waals surface area contributed by atoms with Crippen LogP contribution in [0.25, 0.3) is 10.6 Å². The zero-order valence-corrected chi connectivity index (χ0v) is 11.4. The first-order chi connectivity index (χ1) is 9.20. The number of nitrogens with zero attached hydrogens (tertiary/aromatic N) is 2. The summed E-state index contributed by atoms with van der Waals surface area (Å²) in [5, 5.41) is 14.0. The van der Waals surface area contributed by atoms with Crippen molar-refractivity contribution in [2.75, 3.05) is 5.32 Å². The molecule has 5 nitrogen and oxygen atoms in total. The van der Waals surface area contributed by atoms with Gasteiger partial charge in [-0.2, -0.15) is 0 Å². The molecule has 0 aliphatic carbocycles. The molecule has 2 N–H and O–H groups in total. The van der Waals surface area contributed by atoms with Gasteiger partial charge in [0.1, 0.15) is 17.6 Å². The van der Waals surface area contributed by atoms with Gasteiger partial charge in [0.15, 0.2) is 0 Å². The first-order valence-electron chi connectivity index (χ1n) is 6.06. The molecule has 0 radical (unpaired) electrons. The van der Waals surface area contributed by atoms with Gasteiger partial charge < -0.3 is 10.4 Å². The number of carboxylic acids is 1. The number of aromatic nitrogens is 2. The maximum Gasteiger partial charge on any atom is 0.326 e. The Kier molecular flexibility index (Phi) is 4.46. The molecular weight excluding hydrogens is 262 g/mol. The third-order valence-electron chi connectivity index (χ3n) is 2.61. The molecule has 6 heteroatoms. The lowest BCUT2D eigenvalue weighted by Gasteiger charge is -2.14. The van der Waals surface area contributed by atoms with E-state index >= 15 is 0 Å². The van der Waals surface area contributed by atoms with Gasteiger partial charge in [-0.25, -0.2) is 9.78 Å². The number of hydrogen-bond acceptors (Lipinski definition) is 5. The van der Waals surface area contributed by atoms with Crippen LogP contribution in [0.4, 0.5) is 5.82 Å². The van der Waals surface area contributed by atoms with Crippen molar-refractivity contribution in [1.82, 2.24) is 9.97 Å². The maximum atomic E-state index is 11.1. The third-order valence-corrected chi connectivity index (χ3v) is 3.50. The Labute approximate surface area is 115 Å². The molecule has 0 saturated carbocycles. The molecule has 0 aliphatic rings. The van der Waals surface area contributed by atoms with Crippen molar-refractivity contribution in [2.45, 2.75) is 25.8 Å². The summed E-state index contributed by atoms with van der Waals surface area (Å²) in [5.41, 5.74) is 0.751. The Balaban J connectivity index is 2.17. The Hall–Kier alpha value is -1.95. The first-order valence-corrected chi connectivity index (χ1v) is 6.94. The number of anilines is 1. The molecule has 2 aromatic heterocycles. The van der Waals surface area contributed by atoms with Crippen molar-refractivity contribution < 1.29 is 9.90 Å². The fourth-order valence-electron chi connectivity index (χ4n) is 1.70. The second kappa shape index (κ2) is 6.29. The van der Waals surface area contributed by atoms with Gasteiger partial charge in [0.25, 0.3) is 0 Å². The van der Waals surface area contributed by atoms with Gasteiger partial charge in [0.05, 0.1) is 17.3 Å². The maximum absolute atomic E-state index is 11.1. The highest BCUT2D eigenvalue weighted by molar-refractivity contribution is 7.13. The number of aliphatic carboxylic acids is 1. The summed E-state index contributed by atoms with van der Waals surface area (Å²) in [5.74, 6) is -0.378. The van der Waals surface area contributed by atoms with Gasteiger partial charge in [-0.1, -0.05) is 19.4 Å². The standard InChI is InChI=1S/C13H15N3O2S/c1-2-4-9(13(17)18)15-12-8-14-7-10(16-12)11-5-3-6-19-11/h3,5-9H,2,4H2,1H3,(H,15,16)(H,17,18). The Morgan fingerprint density at radius 1 is 1.53 bits per heavy atom. The smallest absolute Gasteiger partial charge is 0.326 e. The summed E-state index contributed by atoms with van der Waals surface area (Å²) in [6, 6.07) is 3.27. The molecular formula is C13H15N3O2S. The summed E-state index contributed by atoms with van der Waals surface area (Å²) in [6.07, 6.45) is 4.57. The zero-order chi connectivity index (χ0) is 13.7. The van der Waals surface area contributed by atoms with E-state index in [0.29, 0.717) is 12.2 Å². The molecule has 2 heterocycles. The Morgan fingerprint density at radius 2 is 2.37 bits per heavy atom. The molecule has 2 rings (SSSR count). The van der Waals surface area contributed by atoms with Crippen LogP contribution < -0.4 is 5.32 Å². The molecule has 0 amide bonds. The Morgan fingerprint density at radius 3 is 3.00 bits per heavy atom. The number of rotatable bonds is 6. The van der Waals surface area contributed by atoms with E-state index in [4.69, 9.17) is 5.11 Å². The summed E-state index contributed by atoms with van der Waals surface area (Å²) >= 11 is 1.57. The molecule has 0 aliphatic heterocycles. The molecule has 0 saturated heterocycles. The number of nitrogens with one attached hydrogen (secondary N) is 1. The molecule has 0 aromatic carbocycles. The molecule has 19 heavy (non-hydrogen) atoms. The average molecular weight is 277 g/mol. The minimum atomic E-state index is -0.870. The molecule has 0 fully saturated rings. The fraction of sp³-hybridized carbons (Fsp3) is 0.308. The van der Waals surface area contributed by atoms with Crippen molar-refractivity contribution >= 4 is 23.1 Å². The predicted octanol–water partition coefficient (Wildman–Crippen LogP) is 2.87. The summed E-state index contributed by atoms with van der Waals surface area (Å²) in [4.78, 5) is 20.6. The van der Waals surface area contributed by atoms with Crippen LogP contribution in [0.2, 0.25) is 0 Å². The van der Waals surface area contributed by atoms with E-state index in [-0.39, 0.29) is 0 Å². The van der Waals surface area contributed by atoms with Crippen LogP contribution in [0.15, 0.2) is 29.9 Å². The van der Waals surface area contributed by atoms with Gasteiger partial charge in [0.2, 0.25) is 0 Å². The van der Waals surface area contributed by atoms with E-state index in [0.717, 1.165) is 17.0 Å². The predicted molar refractivity (Wildman–Crippen MR) is 75.3 cm³/mol. The van der Waals surface area contributed by atoms with Gasteiger partial charge in [-0.15, -0.1) is 11.3 Å². The number of hydrogen-bond donors (Lipinski definition) is 2. The quantitative estimate of drug-likeness (QED) is 0.849. The summed E-state index contributed by atoms with van der Waals surface area (Å²) < 4.78 is 0. The minimum absolute atomic E-state index is 0.492. The highest BCUT2D eigenvalue weighted by Gasteiger charge is 2.16. The van der Waals surface area contributed by atoms with Crippen LogP contribution in [0.1, 0.15) is 19.8 Å². The van der Waals surface area contributed by atoms with E-state index in [9.17, 15) is 4.79 Å². The average Bonchev–Trinajstić information content (AvgIpc) is 2.92. The monoisotopic (exact) mass is 277 g/mol. The van der Waals surface area contributed by atoms with Crippen LogP contribution in [0, 0.1) is 0 Å². The van der Waals surface area contributed by atoms with E-state index < -0.39 is 12.0 Å². The summed E-state index contributed by atoms with van der Waals surface area (Å²) in [6.45, 7) is 1.95. The fourth-order valence-corrected chi connectivity index (χ4v) is 2.38. The lowest BCUT2D eigenvalue weighted by atomic mass is 10.2. The first kappa shape index (κ1) is 13.5. The van der Waals surface area contributed by atoms with Crippen molar-refractivity contribution in [3.05, 3.63) is 29.9 Å². The van der Waals surface area contributed by atoms with Crippen LogP contribution in [-0.4, -0.2) is 27.1 Å². The largest absolute Gasteiger partial charge is 0.480 e.